The number of carbonyl (C=O) groups excluding carboxylic acids is 1. The van der Waals surface area contributed by atoms with Crippen LogP contribution in [0.15, 0.2) is 30.6 Å². The van der Waals surface area contributed by atoms with Crippen LogP contribution in [0.2, 0.25) is 0 Å². The fraction of sp³-hybridized carbons (Fsp3) is 0.500. The van der Waals surface area contributed by atoms with E-state index in [2.05, 4.69) is 20.0 Å². The lowest BCUT2D eigenvalue weighted by atomic mass is 9.83. The number of amides is 1. The monoisotopic (exact) mass is 448 g/mol. The Kier molecular flexibility index (Phi) is 5.19. The number of nitrogens with one attached hydrogen (secondary N) is 1. The Morgan fingerprint density at radius 2 is 2.00 bits per heavy atom. The van der Waals surface area contributed by atoms with Gasteiger partial charge in [-0.3, -0.25) is 4.79 Å². The van der Waals surface area contributed by atoms with Crippen molar-refractivity contribution in [1.29, 1.82) is 0 Å². The van der Waals surface area contributed by atoms with Gasteiger partial charge in [0.2, 0.25) is 5.95 Å². The number of hydrogen-bond acceptors (Lipinski definition) is 6. The fourth-order valence-electron chi connectivity index (χ4n) is 4.36. The van der Waals surface area contributed by atoms with E-state index >= 15 is 0 Å². The number of anilines is 1. The third kappa shape index (κ3) is 4.36. The predicted molar refractivity (Wildman–Crippen MR) is 108 cm³/mol. The zero-order valence-electron chi connectivity index (χ0n) is 17.3. The maximum absolute atomic E-state index is 12.8. The van der Waals surface area contributed by atoms with Crippen molar-refractivity contribution < 1.29 is 27.4 Å². The minimum absolute atomic E-state index is 0.112. The molecule has 2 aliphatic heterocycles. The van der Waals surface area contributed by atoms with Crippen molar-refractivity contribution in [2.24, 2.45) is 0 Å². The molecule has 1 amide bonds. The summed E-state index contributed by atoms with van der Waals surface area (Å²) in [4.78, 5) is 23.1. The van der Waals surface area contributed by atoms with Crippen molar-refractivity contribution in [3.63, 3.8) is 0 Å². The number of nitrogens with zero attached hydrogens (tertiary/aromatic N) is 3. The third-order valence-corrected chi connectivity index (χ3v) is 6.32. The van der Waals surface area contributed by atoms with E-state index in [0.29, 0.717) is 36.8 Å². The number of aromatic nitrogens is 2. The summed E-state index contributed by atoms with van der Waals surface area (Å²) in [5.41, 5.74) is 1.70. The molecule has 2 aromatic rings. The Morgan fingerprint density at radius 3 is 2.59 bits per heavy atom. The Bertz CT molecular complexity index is 1000. The molecule has 0 unspecified atom stereocenters. The van der Waals surface area contributed by atoms with Crippen LogP contribution in [0, 0.1) is 0 Å². The van der Waals surface area contributed by atoms with Gasteiger partial charge in [0.15, 0.2) is 0 Å². The molecule has 3 heterocycles. The van der Waals surface area contributed by atoms with Crippen molar-refractivity contribution in [3.8, 4) is 5.75 Å². The van der Waals surface area contributed by atoms with Crippen molar-refractivity contribution in [3.05, 3.63) is 47.3 Å². The van der Waals surface area contributed by atoms with Crippen LogP contribution in [0.25, 0.3) is 0 Å². The molecule has 7 nitrogen and oxygen atoms in total. The van der Waals surface area contributed by atoms with E-state index in [-0.39, 0.29) is 29.7 Å². The van der Waals surface area contributed by atoms with Crippen LogP contribution < -0.4 is 10.1 Å². The maximum Gasteiger partial charge on any atom is 0.573 e. The molecule has 1 aromatic carbocycles. The molecule has 3 fully saturated rings. The second-order valence-corrected chi connectivity index (χ2v) is 8.61. The van der Waals surface area contributed by atoms with E-state index in [1.165, 1.54) is 24.5 Å². The summed E-state index contributed by atoms with van der Waals surface area (Å²) in [5.74, 6) is 0.237. The normalized spacial score (nSPS) is 22.7. The highest BCUT2D eigenvalue weighted by atomic mass is 19.4. The molecule has 2 saturated heterocycles. The van der Waals surface area contributed by atoms with Gasteiger partial charge in [-0.15, -0.1) is 13.2 Å². The van der Waals surface area contributed by atoms with E-state index in [9.17, 15) is 18.0 Å². The van der Waals surface area contributed by atoms with Crippen LogP contribution in [-0.4, -0.2) is 52.4 Å². The summed E-state index contributed by atoms with van der Waals surface area (Å²) < 4.78 is 47.6. The highest BCUT2D eigenvalue weighted by Gasteiger charge is 2.50. The van der Waals surface area contributed by atoms with Gasteiger partial charge >= 0.3 is 6.36 Å². The van der Waals surface area contributed by atoms with E-state index in [4.69, 9.17) is 4.74 Å². The van der Waals surface area contributed by atoms with Crippen LogP contribution >= 0.6 is 0 Å². The number of hydrogen-bond donors (Lipinski definition) is 1. The molecule has 170 valence electrons. The van der Waals surface area contributed by atoms with E-state index in [1.54, 1.807) is 0 Å². The molecule has 1 atom stereocenters. The van der Waals surface area contributed by atoms with Gasteiger partial charge in [0.1, 0.15) is 5.75 Å². The first kappa shape index (κ1) is 21.0. The second-order valence-electron chi connectivity index (χ2n) is 8.61. The largest absolute Gasteiger partial charge is 0.573 e. The standard InChI is InChI=1S/C22H23F3N4O3/c23-22(24,25)32-18-8-14(7-16(9-18)15-1-2-15)10-26-20-27-11-17(12-28-20)19(30)29-5-3-21(29)4-6-31-13-21/h7-9,11-12,15H,1-6,10,13H2,(H,26,27,28)/t21-/m1/s1. The number of rotatable bonds is 6. The molecule has 32 heavy (non-hydrogen) atoms. The molecule has 1 aromatic heterocycles. The number of benzene rings is 1. The minimum atomic E-state index is -4.74. The molecule has 0 radical (unpaired) electrons. The number of ether oxygens (including phenoxy) is 2. The first-order valence-corrected chi connectivity index (χ1v) is 10.7. The summed E-state index contributed by atoms with van der Waals surface area (Å²) in [5, 5.41) is 3.01. The molecular weight excluding hydrogens is 425 g/mol. The van der Waals surface area contributed by atoms with Crippen molar-refractivity contribution in [1.82, 2.24) is 14.9 Å². The summed E-state index contributed by atoms with van der Waals surface area (Å²) in [6, 6.07) is 4.68. The SMILES string of the molecule is O=C(c1cnc(NCc2cc(OC(F)(F)F)cc(C3CC3)c2)nc1)N1CC[C@]12CCOC2. The molecule has 1 aliphatic carbocycles. The average molecular weight is 448 g/mol. The zero-order valence-corrected chi connectivity index (χ0v) is 17.3. The molecule has 3 aliphatic rings. The van der Waals surface area contributed by atoms with Gasteiger partial charge in [-0.05, 0) is 54.9 Å². The van der Waals surface area contributed by atoms with Crippen LogP contribution in [-0.2, 0) is 11.3 Å². The fourth-order valence-corrected chi connectivity index (χ4v) is 4.36. The molecule has 1 saturated carbocycles. The smallest absolute Gasteiger partial charge is 0.406 e. The summed E-state index contributed by atoms with van der Waals surface area (Å²) in [6.45, 7) is 2.16. The van der Waals surface area contributed by atoms with E-state index in [1.807, 2.05) is 11.0 Å². The van der Waals surface area contributed by atoms with Gasteiger partial charge in [0, 0.05) is 32.1 Å². The molecule has 1 N–H and O–H groups in total. The average Bonchev–Trinajstić information content (AvgIpc) is 3.46. The second kappa shape index (κ2) is 7.91. The lowest BCUT2D eigenvalue weighted by molar-refractivity contribution is -0.274. The van der Waals surface area contributed by atoms with Crippen LogP contribution in [0.3, 0.4) is 0 Å². The van der Waals surface area contributed by atoms with Crippen LogP contribution in [0.1, 0.15) is 53.1 Å². The molecule has 5 rings (SSSR count). The van der Waals surface area contributed by atoms with Crippen LogP contribution in [0.5, 0.6) is 5.75 Å². The van der Waals surface area contributed by atoms with Crippen molar-refractivity contribution >= 4 is 11.9 Å². The lowest BCUT2D eigenvalue weighted by Gasteiger charge is -2.49. The first-order chi connectivity index (χ1) is 15.3. The van der Waals surface area contributed by atoms with Gasteiger partial charge in [-0.2, -0.15) is 0 Å². The van der Waals surface area contributed by atoms with E-state index < -0.39 is 6.36 Å². The van der Waals surface area contributed by atoms with Crippen LogP contribution in [0.4, 0.5) is 19.1 Å². The Labute approximate surface area is 182 Å². The number of likely N-dealkylation sites (tertiary alicyclic amines) is 1. The first-order valence-electron chi connectivity index (χ1n) is 10.7. The third-order valence-electron chi connectivity index (χ3n) is 6.32. The highest BCUT2D eigenvalue weighted by molar-refractivity contribution is 5.95. The quantitative estimate of drug-likeness (QED) is 0.723. The van der Waals surface area contributed by atoms with Crippen molar-refractivity contribution in [2.75, 3.05) is 25.1 Å². The number of halogens is 3. The highest BCUT2D eigenvalue weighted by Crippen LogP contribution is 2.42. The molecule has 1 spiro atoms. The summed E-state index contributed by atoms with van der Waals surface area (Å²) in [6.07, 6.45) is 1.92. The van der Waals surface area contributed by atoms with Crippen molar-refractivity contribution in [2.45, 2.75) is 50.0 Å². The Hall–Kier alpha value is -2.88. The van der Waals surface area contributed by atoms with E-state index in [0.717, 1.165) is 31.2 Å². The molecule has 0 bridgehead atoms. The zero-order chi connectivity index (χ0) is 22.3. The molecular formula is C22H23F3N4O3. The van der Waals surface area contributed by atoms with Gasteiger partial charge in [0.25, 0.3) is 5.91 Å². The number of alkyl halides is 3. The number of carbonyl (C=O) groups is 1. The topological polar surface area (TPSA) is 76.6 Å². The lowest BCUT2D eigenvalue weighted by Crippen LogP contribution is -2.62. The van der Waals surface area contributed by atoms with Gasteiger partial charge in [-0.1, -0.05) is 6.07 Å². The Balaban J connectivity index is 1.24. The predicted octanol–water partition coefficient (Wildman–Crippen LogP) is 3.87. The van der Waals surface area contributed by atoms with Gasteiger partial charge < -0.3 is 19.7 Å². The summed E-state index contributed by atoms with van der Waals surface area (Å²) in [7, 11) is 0. The maximum atomic E-state index is 12.8. The van der Waals surface area contributed by atoms with Gasteiger partial charge in [-0.25, -0.2) is 9.97 Å². The van der Waals surface area contributed by atoms with Gasteiger partial charge in [0.05, 0.1) is 17.7 Å². The Morgan fingerprint density at radius 1 is 1.22 bits per heavy atom. The minimum Gasteiger partial charge on any atom is -0.406 e. The molecule has 10 heteroatoms. The summed E-state index contributed by atoms with van der Waals surface area (Å²) >= 11 is 0.